The summed E-state index contributed by atoms with van der Waals surface area (Å²) in [6, 6.07) is 15.0. The maximum Gasteiger partial charge on any atom is 0.292 e. The van der Waals surface area contributed by atoms with Crippen LogP contribution in [-0.4, -0.2) is 25.6 Å². The minimum atomic E-state index is -0.523. The molecule has 0 aliphatic carbocycles. The van der Waals surface area contributed by atoms with Crippen LogP contribution in [0.3, 0.4) is 0 Å². The lowest BCUT2D eigenvalue weighted by Gasteiger charge is -2.11. The van der Waals surface area contributed by atoms with Crippen molar-refractivity contribution in [2.75, 3.05) is 5.32 Å². The van der Waals surface area contributed by atoms with E-state index in [4.69, 9.17) is 0 Å². The number of hydrogen-bond acceptors (Lipinski definition) is 5. The van der Waals surface area contributed by atoms with Gasteiger partial charge < -0.3 is 5.32 Å². The van der Waals surface area contributed by atoms with Gasteiger partial charge in [0, 0.05) is 29.8 Å². The van der Waals surface area contributed by atoms with Crippen LogP contribution in [0.4, 0.5) is 11.4 Å². The minimum Gasteiger partial charge on any atom is -0.316 e. The number of carbonyl (C=O) groups is 1. The molecule has 2 heterocycles. The fourth-order valence-electron chi connectivity index (χ4n) is 3.18. The molecule has 0 atom stereocenters. The number of fused-ring (bicyclic) bond motifs is 1. The number of hydrogen-bond donors (Lipinski definition) is 1. The normalized spacial score (nSPS) is 10.8. The second kappa shape index (κ2) is 7.16. The van der Waals surface area contributed by atoms with Crippen molar-refractivity contribution in [3.05, 3.63) is 82.2 Å². The molecule has 8 heteroatoms. The number of benzene rings is 2. The van der Waals surface area contributed by atoms with Crippen molar-refractivity contribution in [1.29, 1.82) is 0 Å². The van der Waals surface area contributed by atoms with Gasteiger partial charge in [0.1, 0.15) is 5.69 Å². The Bertz CT molecular complexity index is 1260. The van der Waals surface area contributed by atoms with Crippen molar-refractivity contribution in [1.82, 2.24) is 14.8 Å². The molecule has 0 aliphatic heterocycles. The zero-order valence-corrected chi connectivity index (χ0v) is 15.8. The molecule has 2 aromatic heterocycles. The van der Waals surface area contributed by atoms with Crippen LogP contribution in [0.1, 0.15) is 16.1 Å². The van der Waals surface area contributed by atoms with Gasteiger partial charge in [-0.15, -0.1) is 0 Å². The molecule has 8 nitrogen and oxygen atoms in total. The van der Waals surface area contributed by atoms with Crippen LogP contribution in [0.15, 0.2) is 60.8 Å². The Kier molecular flexibility index (Phi) is 4.52. The molecule has 4 rings (SSSR count). The van der Waals surface area contributed by atoms with E-state index in [0.29, 0.717) is 22.2 Å². The summed E-state index contributed by atoms with van der Waals surface area (Å²) in [6.45, 7) is 1.92. The van der Waals surface area contributed by atoms with Crippen LogP contribution in [0.5, 0.6) is 0 Å². The van der Waals surface area contributed by atoms with Gasteiger partial charge >= 0.3 is 0 Å². The average molecular weight is 387 g/mol. The summed E-state index contributed by atoms with van der Waals surface area (Å²) in [4.78, 5) is 28.5. The molecule has 2 aromatic carbocycles. The maximum absolute atomic E-state index is 13.1. The first-order valence-electron chi connectivity index (χ1n) is 8.89. The van der Waals surface area contributed by atoms with Gasteiger partial charge in [0.2, 0.25) is 0 Å². The Balaban J connectivity index is 1.84. The number of anilines is 1. The number of aromatic nitrogens is 3. The first-order valence-corrected chi connectivity index (χ1v) is 8.89. The number of aryl methyl sites for hydroxylation is 1. The van der Waals surface area contributed by atoms with E-state index in [9.17, 15) is 14.9 Å². The topological polar surface area (TPSA) is 103 Å². The van der Waals surface area contributed by atoms with Crippen molar-refractivity contribution >= 4 is 28.2 Å². The summed E-state index contributed by atoms with van der Waals surface area (Å²) in [7, 11) is 1.84. The van der Waals surface area contributed by atoms with Crippen LogP contribution >= 0.6 is 0 Å². The number of nitrogens with zero attached hydrogens (tertiary/aromatic N) is 4. The Morgan fingerprint density at radius 1 is 1.14 bits per heavy atom. The first kappa shape index (κ1) is 18.3. The predicted octanol–water partition coefficient (Wildman–Crippen LogP) is 4.10. The maximum atomic E-state index is 13.1. The standard InChI is InChI=1S/C21H17N5O3/c1-13-16(12-22-25(13)2)19-11-15(14-7-3-4-8-17(14)23-19)21(27)24-18-9-5-6-10-20(18)26(28)29/h3-12H,1-2H3,(H,24,27). The number of para-hydroxylation sites is 3. The van der Waals surface area contributed by atoms with E-state index in [1.54, 1.807) is 35.1 Å². The summed E-state index contributed by atoms with van der Waals surface area (Å²) in [5, 5.41) is 18.8. The quantitative estimate of drug-likeness (QED) is 0.419. The highest BCUT2D eigenvalue weighted by Crippen LogP contribution is 2.29. The molecular weight excluding hydrogens is 370 g/mol. The van der Waals surface area contributed by atoms with Crippen molar-refractivity contribution < 1.29 is 9.72 Å². The largest absolute Gasteiger partial charge is 0.316 e. The molecule has 29 heavy (non-hydrogen) atoms. The SMILES string of the molecule is Cc1c(-c2cc(C(=O)Nc3ccccc3[N+](=O)[O-])c3ccccc3n2)cnn1C. The zero-order valence-electron chi connectivity index (χ0n) is 15.8. The molecule has 0 radical (unpaired) electrons. The molecular formula is C21H17N5O3. The van der Waals surface area contributed by atoms with E-state index >= 15 is 0 Å². The van der Waals surface area contributed by atoms with E-state index in [1.165, 1.54) is 12.1 Å². The fourth-order valence-corrected chi connectivity index (χ4v) is 3.18. The number of rotatable bonds is 4. The average Bonchev–Trinajstić information content (AvgIpc) is 3.06. The molecule has 0 aliphatic rings. The molecule has 144 valence electrons. The number of nitrogens with one attached hydrogen (secondary N) is 1. The smallest absolute Gasteiger partial charge is 0.292 e. The Morgan fingerprint density at radius 3 is 2.59 bits per heavy atom. The number of nitro groups is 1. The van der Waals surface area contributed by atoms with Gasteiger partial charge in [0.05, 0.1) is 27.9 Å². The van der Waals surface area contributed by atoms with E-state index in [2.05, 4.69) is 15.4 Å². The Hall–Kier alpha value is -4.07. The van der Waals surface area contributed by atoms with Crippen molar-refractivity contribution in [3.8, 4) is 11.3 Å². The highest BCUT2D eigenvalue weighted by atomic mass is 16.6. The molecule has 0 fully saturated rings. The van der Waals surface area contributed by atoms with Crippen molar-refractivity contribution in [2.24, 2.45) is 7.05 Å². The van der Waals surface area contributed by atoms with Crippen LogP contribution in [-0.2, 0) is 7.05 Å². The Morgan fingerprint density at radius 2 is 1.86 bits per heavy atom. The van der Waals surface area contributed by atoms with E-state index in [1.807, 2.05) is 32.2 Å². The van der Waals surface area contributed by atoms with Crippen LogP contribution in [0, 0.1) is 17.0 Å². The van der Waals surface area contributed by atoms with E-state index < -0.39 is 10.8 Å². The molecule has 0 saturated heterocycles. The summed E-state index contributed by atoms with van der Waals surface area (Å²) in [5.41, 5.74) is 3.36. The van der Waals surface area contributed by atoms with E-state index in [0.717, 1.165) is 11.3 Å². The number of amides is 1. The molecule has 1 N–H and O–H groups in total. The zero-order chi connectivity index (χ0) is 20.5. The fraction of sp³-hybridized carbons (Fsp3) is 0.0952. The van der Waals surface area contributed by atoms with E-state index in [-0.39, 0.29) is 11.4 Å². The predicted molar refractivity (Wildman–Crippen MR) is 110 cm³/mol. The van der Waals surface area contributed by atoms with Gasteiger partial charge in [-0.1, -0.05) is 30.3 Å². The molecule has 1 amide bonds. The number of pyridine rings is 1. The highest BCUT2D eigenvalue weighted by molar-refractivity contribution is 6.13. The molecule has 0 spiro atoms. The third-order valence-electron chi connectivity index (χ3n) is 4.82. The van der Waals surface area contributed by atoms with Crippen LogP contribution in [0.25, 0.3) is 22.2 Å². The van der Waals surface area contributed by atoms with Crippen molar-refractivity contribution in [2.45, 2.75) is 6.92 Å². The van der Waals surface area contributed by atoms with Gasteiger partial charge in [-0.2, -0.15) is 5.10 Å². The lowest BCUT2D eigenvalue weighted by atomic mass is 10.0. The summed E-state index contributed by atoms with van der Waals surface area (Å²) < 4.78 is 1.74. The lowest BCUT2D eigenvalue weighted by Crippen LogP contribution is -2.14. The van der Waals surface area contributed by atoms with Gasteiger partial charge in [0.15, 0.2) is 0 Å². The van der Waals surface area contributed by atoms with Crippen molar-refractivity contribution in [3.63, 3.8) is 0 Å². The second-order valence-electron chi connectivity index (χ2n) is 6.57. The third kappa shape index (κ3) is 3.31. The molecule has 0 bridgehead atoms. The number of carbonyl (C=O) groups excluding carboxylic acids is 1. The van der Waals surface area contributed by atoms with Gasteiger partial charge in [0.25, 0.3) is 11.6 Å². The van der Waals surface area contributed by atoms with Crippen LogP contribution in [0.2, 0.25) is 0 Å². The van der Waals surface area contributed by atoms with Gasteiger partial charge in [-0.3, -0.25) is 19.6 Å². The Labute approximate surface area is 166 Å². The summed E-state index contributed by atoms with van der Waals surface area (Å²) >= 11 is 0. The first-order chi connectivity index (χ1) is 14.0. The van der Waals surface area contributed by atoms with Crippen LogP contribution < -0.4 is 5.32 Å². The molecule has 4 aromatic rings. The minimum absolute atomic E-state index is 0.141. The van der Waals surface area contributed by atoms with Gasteiger partial charge in [-0.05, 0) is 25.1 Å². The monoisotopic (exact) mass is 387 g/mol. The molecule has 0 unspecified atom stereocenters. The second-order valence-corrected chi connectivity index (χ2v) is 6.57. The third-order valence-corrected chi connectivity index (χ3v) is 4.82. The summed E-state index contributed by atoms with van der Waals surface area (Å²) in [5.74, 6) is -0.444. The number of nitro benzene ring substituents is 1. The summed E-state index contributed by atoms with van der Waals surface area (Å²) in [6.07, 6.45) is 1.70. The van der Waals surface area contributed by atoms with Gasteiger partial charge in [-0.25, -0.2) is 4.98 Å². The highest BCUT2D eigenvalue weighted by Gasteiger charge is 2.19. The lowest BCUT2D eigenvalue weighted by molar-refractivity contribution is -0.383. The molecule has 0 saturated carbocycles.